The van der Waals surface area contributed by atoms with Crippen LogP contribution in [-0.4, -0.2) is 19.1 Å². The SMILES string of the molecule is COC(=O)[C@@]1(C)CC[C@@H]2C3=C1CC[C@@H](C)[C@]3(C)C[C@@H]1c3cccc(Cl)c3N[C@H]21. The Morgan fingerprint density at radius 3 is 2.79 bits per heavy atom. The van der Waals surface area contributed by atoms with Gasteiger partial charge in [-0.2, -0.15) is 0 Å². The lowest BCUT2D eigenvalue weighted by Gasteiger charge is -2.58. The molecule has 5 rings (SSSR count). The van der Waals surface area contributed by atoms with Gasteiger partial charge in [0.25, 0.3) is 0 Å². The van der Waals surface area contributed by atoms with Crippen molar-refractivity contribution in [2.75, 3.05) is 12.4 Å². The van der Waals surface area contributed by atoms with Crippen LogP contribution in [0.3, 0.4) is 0 Å². The zero-order chi connectivity index (χ0) is 19.8. The van der Waals surface area contributed by atoms with Gasteiger partial charge in [-0.1, -0.05) is 48.7 Å². The summed E-state index contributed by atoms with van der Waals surface area (Å²) in [7, 11) is 1.53. The van der Waals surface area contributed by atoms with Crippen molar-refractivity contribution in [2.24, 2.45) is 22.7 Å². The third-order valence-corrected chi connectivity index (χ3v) is 9.07. The number of hydrogen-bond donors (Lipinski definition) is 1. The summed E-state index contributed by atoms with van der Waals surface area (Å²) in [4.78, 5) is 12.8. The number of para-hydroxylation sites is 1. The summed E-state index contributed by atoms with van der Waals surface area (Å²) in [6.45, 7) is 6.99. The van der Waals surface area contributed by atoms with Crippen LogP contribution in [-0.2, 0) is 9.53 Å². The van der Waals surface area contributed by atoms with Crippen LogP contribution in [0.2, 0.25) is 5.02 Å². The molecule has 1 aliphatic heterocycles. The molecule has 1 aromatic carbocycles. The lowest BCUT2D eigenvalue weighted by Crippen LogP contribution is -2.53. The third kappa shape index (κ3) is 2.20. The van der Waals surface area contributed by atoms with Crippen LogP contribution in [0.1, 0.15) is 64.4 Å². The van der Waals surface area contributed by atoms with E-state index in [1.54, 1.807) is 5.57 Å². The molecule has 6 atom stereocenters. The molecule has 0 saturated heterocycles. The number of fused-ring (bicyclic) bond motifs is 4. The van der Waals surface area contributed by atoms with Crippen molar-refractivity contribution in [3.63, 3.8) is 0 Å². The van der Waals surface area contributed by atoms with Gasteiger partial charge in [-0.25, -0.2) is 0 Å². The first-order valence-electron chi connectivity index (χ1n) is 10.7. The highest BCUT2D eigenvalue weighted by Crippen LogP contribution is 2.66. The van der Waals surface area contributed by atoms with Crippen molar-refractivity contribution in [3.8, 4) is 0 Å². The zero-order valence-electron chi connectivity index (χ0n) is 17.3. The number of esters is 1. The molecule has 1 heterocycles. The first-order chi connectivity index (χ1) is 13.3. The average Bonchev–Trinajstić information content (AvgIpc) is 3.05. The van der Waals surface area contributed by atoms with E-state index in [2.05, 4.69) is 38.2 Å². The summed E-state index contributed by atoms with van der Waals surface area (Å²) < 4.78 is 5.27. The van der Waals surface area contributed by atoms with Crippen molar-refractivity contribution >= 4 is 23.3 Å². The van der Waals surface area contributed by atoms with Crippen molar-refractivity contribution in [1.82, 2.24) is 0 Å². The third-order valence-electron chi connectivity index (χ3n) is 8.75. The predicted octanol–water partition coefficient (Wildman–Crippen LogP) is 5.94. The fourth-order valence-corrected chi connectivity index (χ4v) is 7.28. The van der Waals surface area contributed by atoms with Gasteiger partial charge in [0.15, 0.2) is 0 Å². The minimum Gasteiger partial charge on any atom is -0.468 e. The summed E-state index contributed by atoms with van der Waals surface area (Å²) in [6, 6.07) is 6.72. The number of ether oxygens (including phenoxy) is 1. The van der Waals surface area contributed by atoms with E-state index in [0.29, 0.717) is 23.8 Å². The first kappa shape index (κ1) is 18.5. The van der Waals surface area contributed by atoms with E-state index in [4.69, 9.17) is 16.3 Å². The van der Waals surface area contributed by atoms with Crippen molar-refractivity contribution in [3.05, 3.63) is 39.9 Å². The van der Waals surface area contributed by atoms with E-state index in [-0.39, 0.29) is 11.4 Å². The Labute approximate surface area is 172 Å². The minimum absolute atomic E-state index is 0.0572. The van der Waals surface area contributed by atoms with E-state index < -0.39 is 5.41 Å². The lowest BCUT2D eigenvalue weighted by molar-refractivity contribution is -0.151. The summed E-state index contributed by atoms with van der Waals surface area (Å²) in [6.07, 6.45) is 5.22. The van der Waals surface area contributed by atoms with Gasteiger partial charge in [-0.05, 0) is 62.0 Å². The predicted molar refractivity (Wildman–Crippen MR) is 113 cm³/mol. The molecule has 1 aromatic rings. The Hall–Kier alpha value is -1.48. The van der Waals surface area contributed by atoms with Crippen LogP contribution in [0, 0.1) is 22.7 Å². The number of hydrogen-bond acceptors (Lipinski definition) is 3. The minimum atomic E-state index is -0.460. The number of methoxy groups -OCH3 is 1. The highest BCUT2D eigenvalue weighted by atomic mass is 35.5. The second-order valence-corrected chi connectivity index (χ2v) is 10.3. The molecule has 3 aliphatic carbocycles. The molecule has 0 spiro atoms. The number of anilines is 1. The number of rotatable bonds is 1. The second kappa shape index (κ2) is 6.01. The van der Waals surface area contributed by atoms with Crippen LogP contribution in [0.25, 0.3) is 0 Å². The van der Waals surface area contributed by atoms with Gasteiger partial charge >= 0.3 is 5.97 Å². The Morgan fingerprint density at radius 2 is 2.04 bits per heavy atom. The van der Waals surface area contributed by atoms with Crippen LogP contribution in [0.4, 0.5) is 5.69 Å². The number of nitrogens with one attached hydrogen (secondary N) is 1. The normalized spacial score (nSPS) is 40.9. The number of carbonyl (C=O) groups is 1. The van der Waals surface area contributed by atoms with E-state index in [1.807, 2.05) is 6.07 Å². The van der Waals surface area contributed by atoms with Crippen molar-refractivity contribution in [2.45, 2.75) is 64.8 Å². The van der Waals surface area contributed by atoms with Gasteiger partial charge in [-0.3, -0.25) is 4.79 Å². The lowest BCUT2D eigenvalue weighted by atomic mass is 9.47. The highest BCUT2D eigenvalue weighted by Gasteiger charge is 2.59. The summed E-state index contributed by atoms with van der Waals surface area (Å²) in [5, 5.41) is 4.64. The van der Waals surface area contributed by atoms with Gasteiger partial charge in [0, 0.05) is 17.9 Å². The fourth-order valence-electron chi connectivity index (χ4n) is 7.04. The molecule has 0 aromatic heterocycles. The molecule has 0 amide bonds. The average molecular weight is 400 g/mol. The first-order valence-corrected chi connectivity index (χ1v) is 11.1. The molecule has 1 N–H and O–H groups in total. The summed E-state index contributed by atoms with van der Waals surface area (Å²) in [5.74, 6) is 1.54. The molecule has 4 heteroatoms. The molecular weight excluding hydrogens is 370 g/mol. The van der Waals surface area contributed by atoms with Gasteiger partial charge in [-0.15, -0.1) is 0 Å². The Kier molecular flexibility index (Phi) is 3.98. The van der Waals surface area contributed by atoms with Gasteiger partial charge in [0.2, 0.25) is 0 Å². The highest BCUT2D eigenvalue weighted by molar-refractivity contribution is 6.33. The van der Waals surface area contributed by atoms with Gasteiger partial charge in [0.05, 0.1) is 23.2 Å². The fraction of sp³-hybridized carbons (Fsp3) is 0.625. The van der Waals surface area contributed by atoms with Gasteiger partial charge < -0.3 is 10.1 Å². The molecule has 0 unspecified atom stereocenters. The molecular formula is C24H30ClNO2. The molecule has 28 heavy (non-hydrogen) atoms. The molecule has 150 valence electrons. The molecule has 1 fully saturated rings. The number of carbonyl (C=O) groups excluding carboxylic acids is 1. The Bertz CT molecular complexity index is 893. The van der Waals surface area contributed by atoms with Crippen molar-refractivity contribution in [1.29, 1.82) is 0 Å². The quantitative estimate of drug-likeness (QED) is 0.468. The monoisotopic (exact) mass is 399 g/mol. The van der Waals surface area contributed by atoms with Crippen LogP contribution in [0.5, 0.6) is 0 Å². The largest absolute Gasteiger partial charge is 0.468 e. The summed E-state index contributed by atoms with van der Waals surface area (Å²) >= 11 is 6.55. The second-order valence-electron chi connectivity index (χ2n) is 9.90. The van der Waals surface area contributed by atoms with Crippen LogP contribution in [0.15, 0.2) is 29.3 Å². The number of halogens is 1. The maximum absolute atomic E-state index is 12.8. The van der Waals surface area contributed by atoms with Crippen molar-refractivity contribution < 1.29 is 9.53 Å². The summed E-state index contributed by atoms with van der Waals surface area (Å²) in [5.41, 5.74) is 5.16. The van der Waals surface area contributed by atoms with Crippen LogP contribution >= 0.6 is 11.6 Å². The maximum Gasteiger partial charge on any atom is 0.315 e. The van der Waals surface area contributed by atoms with Gasteiger partial charge in [0.1, 0.15) is 0 Å². The Morgan fingerprint density at radius 1 is 1.25 bits per heavy atom. The van der Waals surface area contributed by atoms with E-state index in [9.17, 15) is 4.79 Å². The number of benzene rings is 1. The molecule has 3 nitrogen and oxygen atoms in total. The molecule has 0 bridgehead atoms. The van der Waals surface area contributed by atoms with E-state index in [1.165, 1.54) is 18.2 Å². The van der Waals surface area contributed by atoms with E-state index >= 15 is 0 Å². The maximum atomic E-state index is 12.8. The molecule has 4 aliphatic rings. The van der Waals surface area contributed by atoms with Crippen LogP contribution < -0.4 is 5.32 Å². The zero-order valence-corrected chi connectivity index (χ0v) is 18.0. The smallest absolute Gasteiger partial charge is 0.315 e. The Balaban J connectivity index is 1.68. The molecule has 1 saturated carbocycles. The topological polar surface area (TPSA) is 38.3 Å². The molecule has 0 radical (unpaired) electrons. The standard InChI is InChI=1S/C24H30ClNO2/c1-13-8-9-17-19-15(10-11-23(17,2)22(27)28-4)20-16(12-24(13,19)3)14-6-5-7-18(25)21(14)26-20/h5-7,13,15-16,20,26H,8-12H2,1-4H3/t13-,15-,16-,20-,23+,24+/m1/s1. The van der Waals surface area contributed by atoms with E-state index in [0.717, 1.165) is 42.8 Å².